The zero-order valence-electron chi connectivity index (χ0n) is 13.1. The highest BCUT2D eigenvalue weighted by molar-refractivity contribution is 9.10. The third-order valence-corrected chi connectivity index (χ3v) is 4.24. The van der Waals surface area contributed by atoms with Crippen LogP contribution in [0.1, 0.15) is 11.1 Å². The molecule has 1 atom stereocenters. The molecule has 2 amide bonds. The minimum absolute atomic E-state index is 0.00263. The highest BCUT2D eigenvalue weighted by Gasteiger charge is 2.46. The molecular formula is C18H14BrNO5. The van der Waals surface area contributed by atoms with Crippen molar-refractivity contribution in [1.29, 1.82) is 0 Å². The number of carbonyl (C=O) groups is 3. The van der Waals surface area contributed by atoms with Crippen LogP contribution < -0.4 is 0 Å². The minimum Gasteiger partial charge on any atom is -0.444 e. The van der Waals surface area contributed by atoms with Crippen LogP contribution in [-0.4, -0.2) is 29.1 Å². The number of cyclic esters (lactones) is 2. The molecular weight excluding hydrogens is 390 g/mol. The van der Waals surface area contributed by atoms with Crippen molar-refractivity contribution >= 4 is 34.1 Å². The van der Waals surface area contributed by atoms with E-state index in [1.165, 1.54) is 0 Å². The van der Waals surface area contributed by atoms with Gasteiger partial charge in [0.05, 0.1) is 0 Å². The molecule has 1 aliphatic rings. The number of benzene rings is 2. The van der Waals surface area contributed by atoms with E-state index in [1.54, 1.807) is 24.3 Å². The Bertz CT molecular complexity index is 791. The summed E-state index contributed by atoms with van der Waals surface area (Å²) in [7, 11) is 0. The molecule has 3 rings (SSSR count). The molecule has 1 saturated heterocycles. The second-order valence-corrected chi connectivity index (χ2v) is 6.36. The molecule has 7 heteroatoms. The fourth-order valence-corrected chi connectivity index (χ4v) is 2.71. The second kappa shape index (κ2) is 7.48. The Morgan fingerprint density at radius 3 is 2.40 bits per heavy atom. The van der Waals surface area contributed by atoms with Crippen molar-refractivity contribution in [2.75, 3.05) is 0 Å². The first kappa shape index (κ1) is 17.2. The Labute approximate surface area is 152 Å². The van der Waals surface area contributed by atoms with E-state index in [-0.39, 0.29) is 13.0 Å². The number of hydrogen-bond acceptors (Lipinski definition) is 5. The summed E-state index contributed by atoms with van der Waals surface area (Å²) in [5.41, 5.74) is 1.57. The first-order valence-corrected chi connectivity index (χ1v) is 8.34. The summed E-state index contributed by atoms with van der Waals surface area (Å²) in [6, 6.07) is 15.2. The van der Waals surface area contributed by atoms with Crippen molar-refractivity contribution in [3.05, 3.63) is 70.2 Å². The topological polar surface area (TPSA) is 72.9 Å². The lowest BCUT2D eigenvalue weighted by molar-refractivity contribution is -0.135. The number of carbonyl (C=O) groups excluding carboxylic acids is 3. The van der Waals surface area contributed by atoms with Crippen molar-refractivity contribution in [2.24, 2.45) is 0 Å². The summed E-state index contributed by atoms with van der Waals surface area (Å²) in [4.78, 5) is 36.8. The normalized spacial score (nSPS) is 16.7. The predicted molar refractivity (Wildman–Crippen MR) is 91.6 cm³/mol. The second-order valence-electron chi connectivity index (χ2n) is 5.44. The zero-order chi connectivity index (χ0) is 17.8. The quantitative estimate of drug-likeness (QED) is 0.574. The molecule has 2 aromatic rings. The number of rotatable bonds is 4. The Balaban J connectivity index is 1.70. The molecule has 1 aliphatic heterocycles. The Hall–Kier alpha value is -2.67. The van der Waals surface area contributed by atoms with Crippen molar-refractivity contribution in [3.63, 3.8) is 0 Å². The highest BCUT2D eigenvalue weighted by Crippen LogP contribution is 2.21. The van der Waals surface area contributed by atoms with Gasteiger partial charge >= 0.3 is 18.2 Å². The minimum atomic E-state index is -1.03. The molecule has 0 aromatic heterocycles. The molecule has 6 nitrogen and oxygen atoms in total. The molecule has 1 heterocycles. The van der Waals surface area contributed by atoms with Crippen molar-refractivity contribution in [2.45, 2.75) is 19.1 Å². The summed E-state index contributed by atoms with van der Waals surface area (Å²) in [6.45, 7) is 0.00263. The summed E-state index contributed by atoms with van der Waals surface area (Å²) in [5.74, 6) is -0.760. The molecule has 0 N–H and O–H groups in total. The molecule has 128 valence electrons. The summed E-state index contributed by atoms with van der Waals surface area (Å²) < 4.78 is 10.6. The van der Waals surface area contributed by atoms with E-state index in [0.29, 0.717) is 0 Å². The van der Waals surface area contributed by atoms with Gasteiger partial charge in [0.25, 0.3) is 0 Å². The van der Waals surface area contributed by atoms with E-state index in [1.807, 2.05) is 30.3 Å². The van der Waals surface area contributed by atoms with Crippen LogP contribution in [0, 0.1) is 0 Å². The molecule has 25 heavy (non-hydrogen) atoms. The van der Waals surface area contributed by atoms with Gasteiger partial charge in [0.15, 0.2) is 0 Å². The van der Waals surface area contributed by atoms with Crippen LogP contribution in [-0.2, 0) is 27.3 Å². The molecule has 1 fully saturated rings. The van der Waals surface area contributed by atoms with E-state index >= 15 is 0 Å². The van der Waals surface area contributed by atoms with E-state index < -0.39 is 24.2 Å². The average molecular weight is 404 g/mol. The summed E-state index contributed by atoms with van der Waals surface area (Å²) in [6.07, 6.45) is -1.75. The number of nitrogens with zero attached hydrogens (tertiary/aromatic N) is 1. The molecule has 0 bridgehead atoms. The number of hydrogen-bond donors (Lipinski definition) is 0. The van der Waals surface area contributed by atoms with Gasteiger partial charge in [-0.15, -0.1) is 0 Å². The van der Waals surface area contributed by atoms with Crippen LogP contribution in [0.4, 0.5) is 9.59 Å². The van der Waals surface area contributed by atoms with Gasteiger partial charge in [-0.05, 0) is 23.3 Å². The van der Waals surface area contributed by atoms with Crippen LogP contribution in [0.5, 0.6) is 0 Å². The molecule has 0 spiro atoms. The van der Waals surface area contributed by atoms with Crippen molar-refractivity contribution < 1.29 is 23.9 Å². The Kier molecular flexibility index (Phi) is 5.14. The van der Waals surface area contributed by atoms with E-state index in [2.05, 4.69) is 20.7 Å². The maximum absolute atomic E-state index is 12.3. The van der Waals surface area contributed by atoms with Gasteiger partial charge in [-0.3, -0.25) is 0 Å². The maximum Gasteiger partial charge on any atom is 0.427 e. The van der Waals surface area contributed by atoms with Gasteiger partial charge in [0, 0.05) is 10.9 Å². The number of esters is 1. The van der Waals surface area contributed by atoms with Crippen molar-refractivity contribution in [1.82, 2.24) is 4.90 Å². The Morgan fingerprint density at radius 1 is 1.04 bits per heavy atom. The molecule has 0 aliphatic carbocycles. The SMILES string of the molecule is O=C1OC(=O)N(C(=O)OCc2ccccc2)C1Cc1ccc(Br)cc1. The van der Waals surface area contributed by atoms with Crippen LogP contribution in [0.15, 0.2) is 59.1 Å². The lowest BCUT2D eigenvalue weighted by atomic mass is 10.1. The van der Waals surface area contributed by atoms with Gasteiger partial charge in [-0.25, -0.2) is 14.4 Å². The number of amides is 2. The largest absolute Gasteiger partial charge is 0.444 e. The highest BCUT2D eigenvalue weighted by atomic mass is 79.9. The molecule has 0 radical (unpaired) electrons. The van der Waals surface area contributed by atoms with Crippen molar-refractivity contribution in [3.8, 4) is 0 Å². The number of halogens is 1. The Morgan fingerprint density at radius 2 is 1.72 bits per heavy atom. The van der Waals surface area contributed by atoms with E-state index in [9.17, 15) is 14.4 Å². The number of ether oxygens (including phenoxy) is 2. The van der Waals surface area contributed by atoms with Gasteiger partial charge in [-0.1, -0.05) is 58.4 Å². The molecule has 2 aromatic carbocycles. The summed E-state index contributed by atoms with van der Waals surface area (Å²) in [5, 5.41) is 0. The zero-order valence-corrected chi connectivity index (χ0v) is 14.6. The third-order valence-electron chi connectivity index (χ3n) is 3.71. The van der Waals surface area contributed by atoms with Crippen LogP contribution in [0.3, 0.4) is 0 Å². The maximum atomic E-state index is 12.3. The van der Waals surface area contributed by atoms with Crippen LogP contribution in [0.25, 0.3) is 0 Å². The fraction of sp³-hybridized carbons (Fsp3) is 0.167. The number of imide groups is 1. The summed E-state index contributed by atoms with van der Waals surface area (Å²) >= 11 is 3.33. The van der Waals surface area contributed by atoms with Crippen LogP contribution >= 0.6 is 15.9 Å². The molecule has 0 saturated carbocycles. The van der Waals surface area contributed by atoms with Gasteiger partial charge < -0.3 is 9.47 Å². The van der Waals surface area contributed by atoms with Gasteiger partial charge in [-0.2, -0.15) is 4.90 Å². The standard InChI is InChI=1S/C18H14BrNO5/c19-14-8-6-12(7-9-14)10-15-16(21)25-18(23)20(15)17(22)24-11-13-4-2-1-3-5-13/h1-9,15H,10-11H2. The van der Waals surface area contributed by atoms with E-state index in [4.69, 9.17) is 4.74 Å². The van der Waals surface area contributed by atoms with E-state index in [0.717, 1.165) is 20.5 Å². The van der Waals surface area contributed by atoms with Gasteiger partial charge in [0.2, 0.25) is 0 Å². The predicted octanol–water partition coefficient (Wildman–Crippen LogP) is 3.68. The first-order chi connectivity index (χ1) is 12.0. The molecule has 1 unspecified atom stereocenters. The first-order valence-electron chi connectivity index (χ1n) is 7.54. The lowest BCUT2D eigenvalue weighted by Gasteiger charge is -2.18. The fourth-order valence-electron chi connectivity index (χ4n) is 2.44. The van der Waals surface area contributed by atoms with Gasteiger partial charge in [0.1, 0.15) is 12.6 Å². The third kappa shape index (κ3) is 4.06. The monoisotopic (exact) mass is 403 g/mol. The lowest BCUT2D eigenvalue weighted by Crippen LogP contribution is -2.41. The average Bonchev–Trinajstić information content (AvgIpc) is 2.89. The van der Waals surface area contributed by atoms with Crippen LogP contribution in [0.2, 0.25) is 0 Å². The smallest absolute Gasteiger partial charge is 0.427 e.